The molecule has 0 unspecified atom stereocenters. The number of esters is 1. The molecule has 0 rings (SSSR count). The van der Waals surface area contributed by atoms with Crippen molar-refractivity contribution in [2.75, 3.05) is 26.2 Å². The van der Waals surface area contributed by atoms with E-state index in [0.29, 0.717) is 26.1 Å². The summed E-state index contributed by atoms with van der Waals surface area (Å²) in [5.41, 5.74) is 5.25. The molecule has 0 amide bonds. The largest absolute Gasteiger partial charge is 0.466 e. The number of nitrogens with one attached hydrogen (secondary N) is 1. The molecular formula is C8H18N2O2. The van der Waals surface area contributed by atoms with Gasteiger partial charge < -0.3 is 15.8 Å². The van der Waals surface area contributed by atoms with Gasteiger partial charge in [0.05, 0.1) is 13.0 Å². The van der Waals surface area contributed by atoms with Crippen LogP contribution in [0.25, 0.3) is 0 Å². The van der Waals surface area contributed by atoms with Gasteiger partial charge in [0.1, 0.15) is 0 Å². The summed E-state index contributed by atoms with van der Waals surface area (Å²) in [6.45, 7) is 4.50. The predicted molar refractivity (Wildman–Crippen MR) is 47.8 cm³/mol. The van der Waals surface area contributed by atoms with Gasteiger partial charge in [0.2, 0.25) is 0 Å². The van der Waals surface area contributed by atoms with Crippen LogP contribution in [0, 0.1) is 0 Å². The van der Waals surface area contributed by atoms with Crippen molar-refractivity contribution in [1.29, 1.82) is 0 Å². The highest BCUT2D eigenvalue weighted by Crippen LogP contribution is 1.86. The minimum absolute atomic E-state index is 0.138. The van der Waals surface area contributed by atoms with Crippen molar-refractivity contribution in [2.24, 2.45) is 5.73 Å². The Morgan fingerprint density at radius 2 is 2.25 bits per heavy atom. The molecule has 0 aliphatic heterocycles. The lowest BCUT2D eigenvalue weighted by molar-refractivity contribution is -0.143. The van der Waals surface area contributed by atoms with Crippen LogP contribution in [0.2, 0.25) is 0 Å². The van der Waals surface area contributed by atoms with Crippen molar-refractivity contribution in [3.8, 4) is 0 Å². The van der Waals surface area contributed by atoms with E-state index in [2.05, 4.69) is 5.32 Å². The number of nitrogens with two attached hydrogens (primary N) is 1. The van der Waals surface area contributed by atoms with Gasteiger partial charge in [-0.25, -0.2) is 0 Å². The Balaban J connectivity index is 3.08. The second kappa shape index (κ2) is 8.49. The summed E-state index contributed by atoms with van der Waals surface area (Å²) in [7, 11) is 0. The number of carbonyl (C=O) groups is 1. The van der Waals surface area contributed by atoms with Gasteiger partial charge in [-0.1, -0.05) is 6.92 Å². The highest BCUT2D eigenvalue weighted by Gasteiger charge is 1.99. The second-order valence-corrected chi connectivity index (χ2v) is 2.51. The summed E-state index contributed by atoms with van der Waals surface area (Å²) in [5.74, 6) is -0.138. The lowest BCUT2D eigenvalue weighted by Gasteiger charge is -2.03. The van der Waals surface area contributed by atoms with Crippen LogP contribution in [0.4, 0.5) is 0 Å². The molecule has 3 N–H and O–H groups in total. The summed E-state index contributed by atoms with van der Waals surface area (Å²) in [5, 5.41) is 3.02. The number of rotatable bonds is 7. The van der Waals surface area contributed by atoms with Crippen molar-refractivity contribution < 1.29 is 9.53 Å². The fourth-order valence-electron chi connectivity index (χ4n) is 0.706. The third-order valence-corrected chi connectivity index (χ3v) is 1.29. The minimum Gasteiger partial charge on any atom is -0.466 e. The Morgan fingerprint density at radius 3 is 2.83 bits per heavy atom. The topological polar surface area (TPSA) is 64.3 Å². The third-order valence-electron chi connectivity index (χ3n) is 1.29. The van der Waals surface area contributed by atoms with Crippen molar-refractivity contribution >= 4 is 5.97 Å². The Labute approximate surface area is 73.5 Å². The second-order valence-electron chi connectivity index (χ2n) is 2.51. The summed E-state index contributed by atoms with van der Waals surface area (Å²) in [6.07, 6.45) is 1.31. The van der Waals surface area contributed by atoms with Gasteiger partial charge in [-0.2, -0.15) is 0 Å². The van der Waals surface area contributed by atoms with Crippen molar-refractivity contribution in [1.82, 2.24) is 5.32 Å². The molecule has 0 spiro atoms. The number of hydrogen-bond acceptors (Lipinski definition) is 4. The molecule has 0 saturated carbocycles. The zero-order valence-corrected chi connectivity index (χ0v) is 7.64. The molecule has 4 nitrogen and oxygen atoms in total. The molecule has 4 heteroatoms. The van der Waals surface area contributed by atoms with Crippen LogP contribution >= 0.6 is 0 Å². The van der Waals surface area contributed by atoms with E-state index < -0.39 is 0 Å². The van der Waals surface area contributed by atoms with Gasteiger partial charge in [0, 0.05) is 19.6 Å². The molecule has 0 bridgehead atoms. The molecular weight excluding hydrogens is 156 g/mol. The van der Waals surface area contributed by atoms with E-state index in [4.69, 9.17) is 10.5 Å². The monoisotopic (exact) mass is 174 g/mol. The minimum atomic E-state index is -0.138. The quantitative estimate of drug-likeness (QED) is 0.417. The molecule has 0 aromatic heterocycles. The van der Waals surface area contributed by atoms with E-state index in [0.717, 1.165) is 13.0 Å². The van der Waals surface area contributed by atoms with E-state index in [1.54, 1.807) is 0 Å². The van der Waals surface area contributed by atoms with E-state index >= 15 is 0 Å². The number of hydrogen-bond donors (Lipinski definition) is 2. The lowest BCUT2D eigenvalue weighted by atomic mass is 10.4. The standard InChI is InChI=1S/C8H18N2O2/c1-2-7-12-8(11)3-5-10-6-4-9/h10H,2-7,9H2,1H3. The van der Waals surface area contributed by atoms with Crippen LogP contribution in [-0.2, 0) is 9.53 Å². The van der Waals surface area contributed by atoms with Gasteiger partial charge in [0.25, 0.3) is 0 Å². The first-order valence-corrected chi connectivity index (χ1v) is 4.37. The van der Waals surface area contributed by atoms with Crippen molar-refractivity contribution in [3.05, 3.63) is 0 Å². The van der Waals surface area contributed by atoms with Crippen LogP contribution in [-0.4, -0.2) is 32.2 Å². The predicted octanol–water partition coefficient (Wildman–Crippen LogP) is -0.122. The van der Waals surface area contributed by atoms with Crippen molar-refractivity contribution in [2.45, 2.75) is 19.8 Å². The van der Waals surface area contributed by atoms with Gasteiger partial charge in [-0.15, -0.1) is 0 Å². The molecule has 0 aliphatic carbocycles. The molecule has 0 aromatic carbocycles. The Bertz CT molecular complexity index is 118. The van der Waals surface area contributed by atoms with Crippen molar-refractivity contribution in [3.63, 3.8) is 0 Å². The Kier molecular flexibility index (Phi) is 8.05. The molecule has 0 atom stereocenters. The van der Waals surface area contributed by atoms with Crippen LogP contribution in [0.5, 0.6) is 0 Å². The maximum atomic E-state index is 10.9. The first-order chi connectivity index (χ1) is 5.81. The zero-order valence-electron chi connectivity index (χ0n) is 7.64. The molecule has 0 fully saturated rings. The third kappa shape index (κ3) is 7.50. The highest BCUT2D eigenvalue weighted by molar-refractivity contribution is 5.69. The summed E-state index contributed by atoms with van der Waals surface area (Å²) < 4.78 is 4.86. The van der Waals surface area contributed by atoms with Crippen LogP contribution < -0.4 is 11.1 Å². The van der Waals surface area contributed by atoms with E-state index in [1.807, 2.05) is 6.92 Å². The van der Waals surface area contributed by atoms with E-state index in [9.17, 15) is 4.79 Å². The Morgan fingerprint density at radius 1 is 1.50 bits per heavy atom. The molecule has 0 radical (unpaired) electrons. The molecule has 12 heavy (non-hydrogen) atoms. The molecule has 0 aromatic rings. The number of carbonyl (C=O) groups excluding carboxylic acids is 1. The van der Waals surface area contributed by atoms with Gasteiger partial charge in [-0.3, -0.25) is 4.79 Å². The van der Waals surface area contributed by atoms with E-state index in [1.165, 1.54) is 0 Å². The normalized spacial score (nSPS) is 9.83. The van der Waals surface area contributed by atoms with E-state index in [-0.39, 0.29) is 5.97 Å². The SMILES string of the molecule is CCCOC(=O)CCNCCN. The smallest absolute Gasteiger partial charge is 0.307 e. The maximum absolute atomic E-state index is 10.9. The lowest BCUT2D eigenvalue weighted by Crippen LogP contribution is -2.25. The molecule has 0 aliphatic rings. The molecule has 0 heterocycles. The average molecular weight is 174 g/mol. The van der Waals surface area contributed by atoms with Crippen LogP contribution in [0.3, 0.4) is 0 Å². The average Bonchev–Trinajstić information content (AvgIpc) is 2.09. The summed E-state index contributed by atoms with van der Waals surface area (Å²) >= 11 is 0. The highest BCUT2D eigenvalue weighted by atomic mass is 16.5. The molecule has 72 valence electrons. The van der Waals surface area contributed by atoms with Crippen LogP contribution in [0.1, 0.15) is 19.8 Å². The fraction of sp³-hybridized carbons (Fsp3) is 0.875. The summed E-state index contributed by atoms with van der Waals surface area (Å²) in [4.78, 5) is 10.9. The van der Waals surface area contributed by atoms with Gasteiger partial charge in [0.15, 0.2) is 0 Å². The van der Waals surface area contributed by atoms with Gasteiger partial charge in [-0.05, 0) is 6.42 Å². The Hall–Kier alpha value is -0.610. The van der Waals surface area contributed by atoms with Crippen LogP contribution in [0.15, 0.2) is 0 Å². The molecule has 0 saturated heterocycles. The van der Waals surface area contributed by atoms with Gasteiger partial charge >= 0.3 is 5.97 Å². The first-order valence-electron chi connectivity index (χ1n) is 4.37. The summed E-state index contributed by atoms with van der Waals surface area (Å²) in [6, 6.07) is 0. The fourth-order valence-corrected chi connectivity index (χ4v) is 0.706. The zero-order chi connectivity index (χ0) is 9.23. The number of ether oxygens (including phenoxy) is 1. The maximum Gasteiger partial charge on any atom is 0.307 e. The first kappa shape index (κ1) is 11.4.